The second kappa shape index (κ2) is 7.95. The van der Waals surface area contributed by atoms with Gasteiger partial charge in [-0.3, -0.25) is 4.79 Å². The maximum Gasteiger partial charge on any atom is 0.317 e. The van der Waals surface area contributed by atoms with E-state index < -0.39 is 5.97 Å². The number of rotatable bonds is 7. The van der Waals surface area contributed by atoms with Crippen LogP contribution in [0.3, 0.4) is 0 Å². The van der Waals surface area contributed by atoms with E-state index in [0.29, 0.717) is 18.9 Å². The molecule has 0 aromatic carbocycles. The van der Waals surface area contributed by atoms with E-state index in [2.05, 4.69) is 12.2 Å². The molecule has 0 aromatic rings. The van der Waals surface area contributed by atoms with Crippen molar-refractivity contribution in [3.8, 4) is 0 Å². The summed E-state index contributed by atoms with van der Waals surface area (Å²) in [5.74, 6) is -0.0898. The third-order valence-electron chi connectivity index (χ3n) is 3.49. The van der Waals surface area contributed by atoms with Crippen molar-refractivity contribution >= 4 is 12.0 Å². The lowest BCUT2D eigenvalue weighted by atomic mass is 10.1. The highest BCUT2D eigenvalue weighted by Crippen LogP contribution is 2.18. The predicted octanol–water partition coefficient (Wildman–Crippen LogP) is 2.07. The molecule has 1 aliphatic heterocycles. The van der Waals surface area contributed by atoms with Crippen LogP contribution in [0.4, 0.5) is 4.79 Å². The monoisotopic (exact) mass is 256 g/mol. The van der Waals surface area contributed by atoms with Crippen LogP contribution < -0.4 is 5.32 Å². The maximum absolute atomic E-state index is 11.8. The summed E-state index contributed by atoms with van der Waals surface area (Å²) in [5, 5.41) is 11.4. The standard InChI is InChI=1S/C13H24N2O3/c1-2-11-7-9-15(10-11)13(18)14-8-5-3-4-6-12(16)17/h11H,2-10H2,1H3,(H,14,18)(H,16,17). The second-order valence-electron chi connectivity index (χ2n) is 4.95. The number of likely N-dealkylation sites (tertiary alicyclic amines) is 1. The fourth-order valence-electron chi connectivity index (χ4n) is 2.24. The zero-order valence-electron chi connectivity index (χ0n) is 11.2. The third-order valence-corrected chi connectivity index (χ3v) is 3.49. The molecule has 0 radical (unpaired) electrons. The molecule has 0 aliphatic carbocycles. The Kier molecular flexibility index (Phi) is 6.54. The largest absolute Gasteiger partial charge is 0.481 e. The molecule has 1 saturated heterocycles. The molecule has 104 valence electrons. The number of carboxylic acids is 1. The van der Waals surface area contributed by atoms with E-state index in [1.54, 1.807) is 0 Å². The summed E-state index contributed by atoms with van der Waals surface area (Å²) < 4.78 is 0. The Bertz CT molecular complexity index is 281. The third kappa shape index (κ3) is 5.38. The number of nitrogens with zero attached hydrogens (tertiary/aromatic N) is 1. The van der Waals surface area contributed by atoms with Crippen molar-refractivity contribution in [1.29, 1.82) is 0 Å². The predicted molar refractivity (Wildman–Crippen MR) is 69.5 cm³/mol. The Morgan fingerprint density at radius 3 is 2.72 bits per heavy atom. The van der Waals surface area contributed by atoms with Gasteiger partial charge in [-0.25, -0.2) is 4.79 Å². The van der Waals surface area contributed by atoms with Gasteiger partial charge in [-0.1, -0.05) is 19.8 Å². The van der Waals surface area contributed by atoms with Crippen LogP contribution in [0, 0.1) is 5.92 Å². The number of amides is 2. The van der Waals surface area contributed by atoms with Crippen LogP contribution >= 0.6 is 0 Å². The topological polar surface area (TPSA) is 69.6 Å². The molecule has 0 spiro atoms. The molecule has 0 bridgehead atoms. The molecular weight excluding hydrogens is 232 g/mol. The first-order valence-electron chi connectivity index (χ1n) is 6.88. The Labute approximate surface area is 109 Å². The lowest BCUT2D eigenvalue weighted by molar-refractivity contribution is -0.137. The van der Waals surface area contributed by atoms with Crippen molar-refractivity contribution in [3.05, 3.63) is 0 Å². The number of hydrogen-bond acceptors (Lipinski definition) is 2. The zero-order valence-corrected chi connectivity index (χ0v) is 11.2. The smallest absolute Gasteiger partial charge is 0.317 e. The first kappa shape index (κ1) is 14.8. The highest BCUT2D eigenvalue weighted by Gasteiger charge is 2.24. The van der Waals surface area contributed by atoms with Gasteiger partial charge in [0.25, 0.3) is 0 Å². The zero-order chi connectivity index (χ0) is 13.4. The molecule has 1 heterocycles. The molecular formula is C13H24N2O3. The second-order valence-corrected chi connectivity index (χ2v) is 4.95. The van der Waals surface area contributed by atoms with Crippen LogP contribution in [0.5, 0.6) is 0 Å². The molecule has 1 unspecified atom stereocenters. The minimum absolute atomic E-state index is 0.0317. The average molecular weight is 256 g/mol. The Balaban J connectivity index is 2.02. The minimum Gasteiger partial charge on any atom is -0.481 e. The average Bonchev–Trinajstić information content (AvgIpc) is 2.81. The van der Waals surface area contributed by atoms with Crippen molar-refractivity contribution in [2.45, 2.75) is 45.4 Å². The molecule has 1 rings (SSSR count). The van der Waals surface area contributed by atoms with Gasteiger partial charge in [-0.05, 0) is 25.2 Å². The summed E-state index contributed by atoms with van der Waals surface area (Å²) in [6.45, 7) is 4.55. The van der Waals surface area contributed by atoms with Gasteiger partial charge in [0.05, 0.1) is 0 Å². The molecule has 5 nitrogen and oxygen atoms in total. The van der Waals surface area contributed by atoms with Crippen molar-refractivity contribution in [2.24, 2.45) is 5.92 Å². The first-order valence-corrected chi connectivity index (χ1v) is 6.88. The van der Waals surface area contributed by atoms with Crippen LogP contribution in [0.1, 0.15) is 45.4 Å². The molecule has 2 amide bonds. The van der Waals surface area contributed by atoms with Crippen molar-refractivity contribution in [1.82, 2.24) is 10.2 Å². The van der Waals surface area contributed by atoms with Crippen LogP contribution in [-0.4, -0.2) is 41.6 Å². The van der Waals surface area contributed by atoms with Gasteiger partial charge in [0.2, 0.25) is 0 Å². The summed E-state index contributed by atoms with van der Waals surface area (Å²) in [7, 11) is 0. The Hall–Kier alpha value is -1.26. The van der Waals surface area contributed by atoms with Gasteiger partial charge < -0.3 is 15.3 Å². The fourth-order valence-corrected chi connectivity index (χ4v) is 2.24. The molecule has 0 saturated carbocycles. The van der Waals surface area contributed by atoms with Gasteiger partial charge in [-0.15, -0.1) is 0 Å². The normalized spacial score (nSPS) is 18.9. The van der Waals surface area contributed by atoms with Crippen LogP contribution in [0.15, 0.2) is 0 Å². The maximum atomic E-state index is 11.8. The summed E-state index contributed by atoms with van der Waals surface area (Å²) in [6, 6.07) is 0.0317. The first-order chi connectivity index (χ1) is 8.63. The SMILES string of the molecule is CCC1CCN(C(=O)NCCCCCC(=O)O)C1. The van der Waals surface area contributed by atoms with Gasteiger partial charge >= 0.3 is 12.0 Å². The van der Waals surface area contributed by atoms with E-state index in [9.17, 15) is 9.59 Å². The lowest BCUT2D eigenvalue weighted by Gasteiger charge is -2.17. The number of carboxylic acid groups (broad SMARTS) is 1. The van der Waals surface area contributed by atoms with Crippen LogP contribution in [0.25, 0.3) is 0 Å². The highest BCUT2D eigenvalue weighted by atomic mass is 16.4. The van der Waals surface area contributed by atoms with Gasteiger partial charge in [0, 0.05) is 26.1 Å². The minimum atomic E-state index is -0.748. The number of nitrogens with one attached hydrogen (secondary N) is 1. The van der Waals surface area contributed by atoms with Gasteiger partial charge in [-0.2, -0.15) is 0 Å². The lowest BCUT2D eigenvalue weighted by Crippen LogP contribution is -2.38. The van der Waals surface area contributed by atoms with Crippen molar-refractivity contribution < 1.29 is 14.7 Å². The van der Waals surface area contributed by atoms with E-state index in [-0.39, 0.29) is 12.5 Å². The number of urea groups is 1. The van der Waals surface area contributed by atoms with Crippen molar-refractivity contribution in [2.75, 3.05) is 19.6 Å². The number of aliphatic carboxylic acids is 1. The summed E-state index contributed by atoms with van der Waals surface area (Å²) in [5.41, 5.74) is 0. The van der Waals surface area contributed by atoms with Gasteiger partial charge in [0.15, 0.2) is 0 Å². The van der Waals surface area contributed by atoms with E-state index >= 15 is 0 Å². The number of unbranched alkanes of at least 4 members (excludes halogenated alkanes) is 2. The quantitative estimate of drug-likeness (QED) is 0.685. The summed E-state index contributed by atoms with van der Waals surface area (Å²) >= 11 is 0. The van der Waals surface area contributed by atoms with E-state index in [0.717, 1.165) is 38.8 Å². The molecule has 1 atom stereocenters. The molecule has 18 heavy (non-hydrogen) atoms. The van der Waals surface area contributed by atoms with Crippen LogP contribution in [0.2, 0.25) is 0 Å². The Morgan fingerprint density at radius 2 is 2.11 bits per heavy atom. The number of hydrogen-bond donors (Lipinski definition) is 2. The number of carbonyl (C=O) groups excluding carboxylic acids is 1. The number of carbonyl (C=O) groups is 2. The summed E-state index contributed by atoms with van der Waals surface area (Å²) in [6.07, 6.45) is 4.86. The summed E-state index contributed by atoms with van der Waals surface area (Å²) in [4.78, 5) is 23.9. The Morgan fingerprint density at radius 1 is 1.33 bits per heavy atom. The molecule has 1 fully saturated rings. The molecule has 2 N–H and O–H groups in total. The van der Waals surface area contributed by atoms with E-state index in [4.69, 9.17) is 5.11 Å². The molecule has 1 aliphatic rings. The fraction of sp³-hybridized carbons (Fsp3) is 0.846. The van der Waals surface area contributed by atoms with Crippen molar-refractivity contribution in [3.63, 3.8) is 0 Å². The molecule has 0 aromatic heterocycles. The highest BCUT2D eigenvalue weighted by molar-refractivity contribution is 5.74. The van der Waals surface area contributed by atoms with E-state index in [1.165, 1.54) is 0 Å². The van der Waals surface area contributed by atoms with E-state index in [1.807, 2.05) is 4.90 Å². The molecule has 5 heteroatoms. The van der Waals surface area contributed by atoms with Crippen LogP contribution in [-0.2, 0) is 4.79 Å². The van der Waals surface area contributed by atoms with Gasteiger partial charge in [0.1, 0.15) is 0 Å².